The molecular weight excluding hydrogens is 339 g/mol. The number of nitrogens with one attached hydrogen (secondary N) is 1. The van der Waals surface area contributed by atoms with Crippen LogP contribution in [0.3, 0.4) is 0 Å². The van der Waals surface area contributed by atoms with Crippen LogP contribution < -0.4 is 5.32 Å². The van der Waals surface area contributed by atoms with Crippen LogP contribution in [0.1, 0.15) is 22.3 Å². The van der Waals surface area contributed by atoms with Gasteiger partial charge in [0, 0.05) is 23.7 Å². The highest BCUT2D eigenvalue weighted by Crippen LogP contribution is 2.22. The third-order valence-electron chi connectivity index (χ3n) is 3.27. The number of aryl methyl sites for hydroxylation is 1. The van der Waals surface area contributed by atoms with E-state index in [1.807, 2.05) is 24.3 Å². The van der Waals surface area contributed by atoms with Crippen LogP contribution in [0.25, 0.3) is 0 Å². The summed E-state index contributed by atoms with van der Waals surface area (Å²) in [6.45, 7) is 0.420. The zero-order chi connectivity index (χ0) is 16.8. The van der Waals surface area contributed by atoms with Gasteiger partial charge in [-0.25, -0.2) is 0 Å². The minimum absolute atomic E-state index is 0.0959. The Hall–Kier alpha value is -2.11. The van der Waals surface area contributed by atoms with E-state index in [2.05, 4.69) is 5.32 Å². The Balaban J connectivity index is 1.91. The number of rotatable bonds is 6. The van der Waals surface area contributed by atoms with Crippen LogP contribution in [0.5, 0.6) is 0 Å². The number of benzene rings is 2. The van der Waals surface area contributed by atoms with E-state index >= 15 is 0 Å². The van der Waals surface area contributed by atoms with Gasteiger partial charge in [0.2, 0.25) is 0 Å². The summed E-state index contributed by atoms with van der Waals surface area (Å²) in [6.07, 6.45) is 1.42. The molecule has 0 atom stereocenters. The van der Waals surface area contributed by atoms with E-state index in [0.29, 0.717) is 18.0 Å². The van der Waals surface area contributed by atoms with Crippen molar-refractivity contribution in [3.05, 3.63) is 73.8 Å². The van der Waals surface area contributed by atoms with Gasteiger partial charge in [0.05, 0.1) is 15.5 Å². The molecule has 0 saturated carbocycles. The normalized spacial score (nSPS) is 10.3. The monoisotopic (exact) mass is 352 g/mol. The first-order valence-corrected chi connectivity index (χ1v) is 7.70. The Bertz CT molecular complexity index is 735. The molecule has 0 fully saturated rings. The minimum Gasteiger partial charge on any atom is -0.352 e. The van der Waals surface area contributed by atoms with E-state index < -0.39 is 10.8 Å². The Morgan fingerprint density at radius 2 is 1.87 bits per heavy atom. The molecule has 2 rings (SSSR count). The summed E-state index contributed by atoms with van der Waals surface area (Å²) in [4.78, 5) is 22.3. The lowest BCUT2D eigenvalue weighted by molar-refractivity contribution is -0.384. The standard InChI is InChI=1S/C16H14Cl2N2O3/c17-14-6-2-1-4-11(14)5-3-9-19-16(21)13-10-12(20(22)23)7-8-15(13)18/h1-2,4,6-8,10H,3,5,9H2,(H,19,21). The summed E-state index contributed by atoms with van der Waals surface area (Å²) >= 11 is 12.0. The van der Waals surface area contributed by atoms with Crippen LogP contribution in [0, 0.1) is 10.1 Å². The van der Waals surface area contributed by atoms with Crippen molar-refractivity contribution in [3.63, 3.8) is 0 Å². The molecule has 2 aromatic carbocycles. The van der Waals surface area contributed by atoms with Gasteiger partial charge in [-0.2, -0.15) is 0 Å². The fourth-order valence-electron chi connectivity index (χ4n) is 2.08. The van der Waals surface area contributed by atoms with E-state index in [4.69, 9.17) is 23.2 Å². The molecule has 0 saturated heterocycles. The molecule has 0 radical (unpaired) electrons. The van der Waals surface area contributed by atoms with Gasteiger partial charge >= 0.3 is 0 Å². The number of non-ortho nitro benzene ring substituents is 1. The van der Waals surface area contributed by atoms with Gasteiger partial charge in [0.15, 0.2) is 0 Å². The molecule has 120 valence electrons. The first-order chi connectivity index (χ1) is 11.0. The molecule has 1 amide bonds. The number of hydrogen-bond acceptors (Lipinski definition) is 3. The van der Waals surface area contributed by atoms with Crippen molar-refractivity contribution in [2.45, 2.75) is 12.8 Å². The van der Waals surface area contributed by atoms with E-state index in [9.17, 15) is 14.9 Å². The topological polar surface area (TPSA) is 72.2 Å². The maximum Gasteiger partial charge on any atom is 0.270 e. The fraction of sp³-hybridized carbons (Fsp3) is 0.188. The average Bonchev–Trinajstić information content (AvgIpc) is 2.53. The molecule has 0 unspecified atom stereocenters. The number of nitrogens with zero attached hydrogens (tertiary/aromatic N) is 1. The predicted octanol–water partition coefficient (Wildman–Crippen LogP) is 4.26. The molecule has 2 aromatic rings. The Morgan fingerprint density at radius 1 is 1.13 bits per heavy atom. The molecule has 0 aromatic heterocycles. The number of nitro groups is 1. The van der Waals surface area contributed by atoms with Crippen LogP contribution >= 0.6 is 23.2 Å². The van der Waals surface area contributed by atoms with Crippen LogP contribution in [0.4, 0.5) is 5.69 Å². The molecular formula is C16H14Cl2N2O3. The third kappa shape index (κ3) is 4.68. The molecule has 0 spiro atoms. The molecule has 5 nitrogen and oxygen atoms in total. The van der Waals surface area contributed by atoms with Gasteiger partial charge < -0.3 is 5.32 Å². The first-order valence-electron chi connectivity index (χ1n) is 6.94. The van der Waals surface area contributed by atoms with Gasteiger partial charge in [-0.3, -0.25) is 14.9 Å². The van der Waals surface area contributed by atoms with E-state index in [0.717, 1.165) is 12.0 Å². The summed E-state index contributed by atoms with van der Waals surface area (Å²) in [7, 11) is 0. The van der Waals surface area contributed by atoms with Crippen LogP contribution in [-0.2, 0) is 6.42 Å². The lowest BCUT2D eigenvalue weighted by atomic mass is 10.1. The van der Waals surface area contributed by atoms with Crippen molar-refractivity contribution < 1.29 is 9.72 Å². The quantitative estimate of drug-likeness (QED) is 0.479. The van der Waals surface area contributed by atoms with Gasteiger partial charge in [0.25, 0.3) is 11.6 Å². The van der Waals surface area contributed by atoms with Crippen LogP contribution in [-0.4, -0.2) is 17.4 Å². The molecule has 0 aliphatic heterocycles. The summed E-state index contributed by atoms with van der Waals surface area (Å²) < 4.78 is 0. The maximum atomic E-state index is 12.1. The summed E-state index contributed by atoms with van der Waals surface area (Å²) in [5, 5.41) is 14.3. The molecule has 0 aliphatic rings. The zero-order valence-electron chi connectivity index (χ0n) is 12.1. The predicted molar refractivity (Wildman–Crippen MR) is 90.2 cm³/mol. The zero-order valence-corrected chi connectivity index (χ0v) is 13.6. The lowest BCUT2D eigenvalue weighted by Gasteiger charge is -2.07. The fourth-order valence-corrected chi connectivity index (χ4v) is 2.51. The third-order valence-corrected chi connectivity index (χ3v) is 3.97. The van der Waals surface area contributed by atoms with E-state index in [1.54, 1.807) is 0 Å². The Morgan fingerprint density at radius 3 is 2.57 bits per heavy atom. The molecule has 23 heavy (non-hydrogen) atoms. The molecule has 0 heterocycles. The van der Waals surface area contributed by atoms with Crippen molar-refractivity contribution >= 4 is 34.8 Å². The second-order valence-corrected chi connectivity index (χ2v) is 5.69. The molecule has 7 heteroatoms. The number of carbonyl (C=O) groups is 1. The summed E-state index contributed by atoms with van der Waals surface area (Å²) in [5.41, 5.74) is 0.936. The van der Waals surface area contributed by atoms with E-state index in [1.165, 1.54) is 18.2 Å². The largest absolute Gasteiger partial charge is 0.352 e. The highest BCUT2D eigenvalue weighted by molar-refractivity contribution is 6.34. The number of halogens is 2. The molecule has 0 bridgehead atoms. The Labute approximate surface area is 143 Å². The smallest absolute Gasteiger partial charge is 0.270 e. The SMILES string of the molecule is O=C(NCCCc1ccccc1Cl)c1cc([N+](=O)[O-])ccc1Cl. The minimum atomic E-state index is -0.565. The number of nitro benzene ring substituents is 1. The Kier molecular flexibility index (Phi) is 5.96. The first kappa shape index (κ1) is 17.2. The van der Waals surface area contributed by atoms with Crippen molar-refractivity contribution in [1.82, 2.24) is 5.32 Å². The number of amides is 1. The lowest BCUT2D eigenvalue weighted by Crippen LogP contribution is -2.25. The molecule has 1 N–H and O–H groups in total. The molecule has 0 aliphatic carbocycles. The second kappa shape index (κ2) is 7.94. The highest BCUT2D eigenvalue weighted by Gasteiger charge is 2.15. The maximum absolute atomic E-state index is 12.1. The van der Waals surface area contributed by atoms with Crippen molar-refractivity contribution in [1.29, 1.82) is 0 Å². The number of hydrogen-bond donors (Lipinski definition) is 1. The van der Waals surface area contributed by atoms with Gasteiger partial charge in [-0.15, -0.1) is 0 Å². The van der Waals surface area contributed by atoms with Gasteiger partial charge in [-0.1, -0.05) is 41.4 Å². The van der Waals surface area contributed by atoms with Gasteiger partial charge in [-0.05, 0) is 30.5 Å². The van der Waals surface area contributed by atoms with Crippen LogP contribution in [0.2, 0.25) is 10.0 Å². The second-order valence-electron chi connectivity index (χ2n) is 4.87. The summed E-state index contributed by atoms with van der Waals surface area (Å²) in [6, 6.07) is 11.3. The highest BCUT2D eigenvalue weighted by atomic mass is 35.5. The van der Waals surface area contributed by atoms with Crippen molar-refractivity contribution in [2.24, 2.45) is 0 Å². The van der Waals surface area contributed by atoms with Gasteiger partial charge in [0.1, 0.15) is 0 Å². The average molecular weight is 353 g/mol. The van der Waals surface area contributed by atoms with E-state index in [-0.39, 0.29) is 16.3 Å². The van der Waals surface area contributed by atoms with Crippen molar-refractivity contribution in [3.8, 4) is 0 Å². The number of carbonyl (C=O) groups excluding carboxylic acids is 1. The summed E-state index contributed by atoms with van der Waals surface area (Å²) in [5.74, 6) is -0.433. The van der Waals surface area contributed by atoms with Crippen molar-refractivity contribution in [2.75, 3.05) is 6.54 Å². The van der Waals surface area contributed by atoms with Crippen LogP contribution in [0.15, 0.2) is 42.5 Å².